The molecule has 3 aromatic rings. The molecule has 0 radical (unpaired) electrons. The molecule has 1 saturated carbocycles. The van der Waals surface area contributed by atoms with Crippen LogP contribution in [0.5, 0.6) is 5.75 Å². The van der Waals surface area contributed by atoms with Crippen molar-refractivity contribution in [2.45, 2.75) is 46.0 Å². The van der Waals surface area contributed by atoms with Gasteiger partial charge in [-0.05, 0) is 73.1 Å². The number of carboxylic acid groups (broad SMARTS) is 1. The van der Waals surface area contributed by atoms with Crippen LogP contribution in [0.4, 0.5) is 0 Å². The van der Waals surface area contributed by atoms with Gasteiger partial charge in [-0.25, -0.2) is 0 Å². The number of nitrogens with one attached hydrogen (secondary N) is 1. The fraction of sp³-hybridized carbons (Fsp3) is 0.400. The number of aryl methyl sites for hydroxylation is 1. The third kappa shape index (κ3) is 4.31. The van der Waals surface area contributed by atoms with Crippen LogP contribution in [0.2, 0.25) is 0 Å². The lowest BCUT2D eigenvalue weighted by atomic mass is 9.95. The van der Waals surface area contributed by atoms with Gasteiger partial charge in [0.2, 0.25) is 0 Å². The molecule has 2 N–H and O–H groups in total. The SMILES string of the molecule is Cc1c[nH]c2ccc(-c3cc(CC(C)C(=O)O)ccc3OCC3CCCC3)cc12. The molecule has 0 amide bonds. The highest BCUT2D eigenvalue weighted by Gasteiger charge is 2.18. The number of carbonyl (C=O) groups is 1. The van der Waals surface area contributed by atoms with E-state index in [0.29, 0.717) is 12.3 Å². The van der Waals surface area contributed by atoms with Gasteiger partial charge in [0.05, 0.1) is 12.5 Å². The molecule has 4 rings (SSSR count). The molecule has 0 aliphatic heterocycles. The van der Waals surface area contributed by atoms with Crippen LogP contribution in [0.25, 0.3) is 22.0 Å². The van der Waals surface area contributed by atoms with Crippen LogP contribution in [0.3, 0.4) is 0 Å². The average molecular weight is 392 g/mol. The summed E-state index contributed by atoms with van der Waals surface area (Å²) in [6, 6.07) is 12.5. The van der Waals surface area contributed by atoms with Crippen LogP contribution in [0.15, 0.2) is 42.6 Å². The summed E-state index contributed by atoms with van der Waals surface area (Å²) in [6.45, 7) is 4.61. The Morgan fingerprint density at radius 2 is 2.00 bits per heavy atom. The monoisotopic (exact) mass is 391 g/mol. The van der Waals surface area contributed by atoms with Crippen LogP contribution in [0, 0.1) is 18.8 Å². The quantitative estimate of drug-likeness (QED) is 0.521. The molecule has 0 saturated heterocycles. The highest BCUT2D eigenvalue weighted by molar-refractivity contribution is 5.89. The van der Waals surface area contributed by atoms with E-state index in [1.807, 2.05) is 18.3 Å². The first kappa shape index (κ1) is 19.6. The summed E-state index contributed by atoms with van der Waals surface area (Å²) in [5.41, 5.74) is 5.50. The number of ether oxygens (including phenoxy) is 1. The Morgan fingerprint density at radius 1 is 1.21 bits per heavy atom. The number of aromatic nitrogens is 1. The number of hydrogen-bond donors (Lipinski definition) is 2. The van der Waals surface area contributed by atoms with Crippen molar-refractivity contribution in [3.63, 3.8) is 0 Å². The molecule has 4 nitrogen and oxygen atoms in total. The van der Waals surface area contributed by atoms with E-state index in [4.69, 9.17) is 4.74 Å². The number of H-pyrrole nitrogens is 1. The highest BCUT2D eigenvalue weighted by Crippen LogP contribution is 2.35. The predicted octanol–water partition coefficient (Wildman–Crippen LogP) is 5.98. The van der Waals surface area contributed by atoms with Crippen LogP contribution < -0.4 is 4.74 Å². The maximum Gasteiger partial charge on any atom is 0.306 e. The van der Waals surface area contributed by atoms with Gasteiger partial charge in [0, 0.05) is 22.7 Å². The number of aliphatic carboxylic acids is 1. The summed E-state index contributed by atoms with van der Waals surface area (Å²) in [5.74, 6) is 0.347. The molecule has 0 bridgehead atoms. The Bertz CT molecular complexity index is 1010. The third-order valence-corrected chi connectivity index (χ3v) is 6.16. The van der Waals surface area contributed by atoms with Gasteiger partial charge in [0.25, 0.3) is 0 Å². The summed E-state index contributed by atoms with van der Waals surface area (Å²) in [6.07, 6.45) is 7.64. The molecule has 1 unspecified atom stereocenters. The van der Waals surface area contributed by atoms with E-state index in [9.17, 15) is 9.90 Å². The van der Waals surface area contributed by atoms with E-state index in [1.54, 1.807) is 6.92 Å². The minimum atomic E-state index is -0.766. The van der Waals surface area contributed by atoms with Gasteiger partial charge in [-0.3, -0.25) is 4.79 Å². The van der Waals surface area contributed by atoms with Crippen molar-refractivity contribution in [2.75, 3.05) is 6.61 Å². The Morgan fingerprint density at radius 3 is 2.76 bits per heavy atom. The second kappa shape index (κ2) is 8.32. The summed E-state index contributed by atoms with van der Waals surface area (Å²) >= 11 is 0. The van der Waals surface area contributed by atoms with Gasteiger partial charge in [0.1, 0.15) is 5.75 Å². The molecule has 0 spiro atoms. The zero-order valence-electron chi connectivity index (χ0n) is 17.2. The number of benzene rings is 2. The smallest absolute Gasteiger partial charge is 0.306 e. The zero-order chi connectivity index (χ0) is 20.4. The van der Waals surface area contributed by atoms with Crippen LogP contribution in [0.1, 0.15) is 43.7 Å². The molecule has 1 atom stereocenters. The minimum Gasteiger partial charge on any atom is -0.493 e. The maximum atomic E-state index is 11.3. The summed E-state index contributed by atoms with van der Waals surface area (Å²) < 4.78 is 6.28. The van der Waals surface area contributed by atoms with Crippen molar-refractivity contribution in [1.29, 1.82) is 0 Å². The van der Waals surface area contributed by atoms with E-state index in [2.05, 4.69) is 36.2 Å². The summed E-state index contributed by atoms with van der Waals surface area (Å²) in [4.78, 5) is 14.6. The number of fused-ring (bicyclic) bond motifs is 1. The van der Waals surface area contributed by atoms with Crippen LogP contribution in [-0.4, -0.2) is 22.7 Å². The van der Waals surface area contributed by atoms with Gasteiger partial charge in [0.15, 0.2) is 0 Å². The van der Waals surface area contributed by atoms with Crippen molar-refractivity contribution < 1.29 is 14.6 Å². The van der Waals surface area contributed by atoms with Crippen LogP contribution >= 0.6 is 0 Å². The molecule has 29 heavy (non-hydrogen) atoms. The van der Waals surface area contributed by atoms with Gasteiger partial charge < -0.3 is 14.8 Å². The van der Waals surface area contributed by atoms with Gasteiger partial charge in [-0.2, -0.15) is 0 Å². The van der Waals surface area contributed by atoms with Gasteiger partial charge >= 0.3 is 5.97 Å². The largest absolute Gasteiger partial charge is 0.493 e. The predicted molar refractivity (Wildman–Crippen MR) is 116 cm³/mol. The Hall–Kier alpha value is -2.75. The van der Waals surface area contributed by atoms with Gasteiger partial charge in [-0.1, -0.05) is 31.9 Å². The average Bonchev–Trinajstić information content (AvgIpc) is 3.36. The molecule has 1 aliphatic carbocycles. The van der Waals surface area contributed by atoms with Crippen molar-refractivity contribution in [2.24, 2.45) is 11.8 Å². The van der Waals surface area contributed by atoms with Crippen molar-refractivity contribution in [3.05, 3.63) is 53.7 Å². The highest BCUT2D eigenvalue weighted by atomic mass is 16.5. The Kier molecular flexibility index (Phi) is 5.61. The number of aromatic amines is 1. The normalized spacial score (nSPS) is 15.7. The van der Waals surface area contributed by atoms with Crippen molar-refractivity contribution in [1.82, 2.24) is 4.98 Å². The second-order valence-corrected chi connectivity index (χ2v) is 8.47. The topological polar surface area (TPSA) is 62.3 Å². The van der Waals surface area contributed by atoms with E-state index >= 15 is 0 Å². The molecule has 152 valence electrons. The molecule has 1 heterocycles. The first-order valence-electron chi connectivity index (χ1n) is 10.6. The number of hydrogen-bond acceptors (Lipinski definition) is 2. The lowest BCUT2D eigenvalue weighted by molar-refractivity contribution is -0.141. The van der Waals surface area contributed by atoms with Gasteiger partial charge in [-0.15, -0.1) is 0 Å². The Labute approximate surface area is 171 Å². The summed E-state index contributed by atoms with van der Waals surface area (Å²) in [5, 5.41) is 10.5. The first-order chi connectivity index (χ1) is 14.0. The van der Waals surface area contributed by atoms with E-state index in [-0.39, 0.29) is 0 Å². The molecule has 2 aromatic carbocycles. The molecular weight excluding hydrogens is 362 g/mol. The molecule has 1 aliphatic rings. The Balaban J connectivity index is 1.69. The molecule has 4 heteroatoms. The zero-order valence-corrected chi connectivity index (χ0v) is 17.2. The van der Waals surface area contributed by atoms with E-state index < -0.39 is 11.9 Å². The molecule has 1 aromatic heterocycles. The lowest BCUT2D eigenvalue weighted by Gasteiger charge is -2.17. The third-order valence-electron chi connectivity index (χ3n) is 6.16. The van der Waals surface area contributed by atoms with E-state index in [0.717, 1.165) is 34.6 Å². The lowest BCUT2D eigenvalue weighted by Crippen LogP contribution is -2.12. The summed E-state index contributed by atoms with van der Waals surface area (Å²) in [7, 11) is 0. The van der Waals surface area contributed by atoms with Crippen LogP contribution in [-0.2, 0) is 11.2 Å². The van der Waals surface area contributed by atoms with Crippen molar-refractivity contribution >= 4 is 16.9 Å². The van der Waals surface area contributed by atoms with Crippen molar-refractivity contribution in [3.8, 4) is 16.9 Å². The fourth-order valence-electron chi connectivity index (χ4n) is 4.31. The fourth-order valence-corrected chi connectivity index (χ4v) is 4.31. The molecular formula is C25H29NO3. The molecule has 1 fully saturated rings. The standard InChI is InChI=1S/C25H29NO3/c1-16(25(27)28)11-19-7-10-24(29-15-18-5-3-4-6-18)22(12-19)20-8-9-23-21(13-20)17(2)14-26-23/h7-10,12-14,16,18,26H,3-6,11,15H2,1-2H3,(H,27,28). The minimum absolute atomic E-state index is 0.414. The number of rotatable bonds is 7. The second-order valence-electron chi connectivity index (χ2n) is 8.47. The number of carboxylic acids is 1. The maximum absolute atomic E-state index is 11.3. The first-order valence-corrected chi connectivity index (χ1v) is 10.6. The van der Waals surface area contributed by atoms with E-state index in [1.165, 1.54) is 36.6 Å².